The maximum absolute atomic E-state index is 10.2. The van der Waals surface area contributed by atoms with Crippen LogP contribution in [0, 0.1) is 16.7 Å². The molecule has 0 spiro atoms. The molecule has 0 aromatic heterocycles. The minimum atomic E-state index is -0.767. The van der Waals surface area contributed by atoms with E-state index >= 15 is 0 Å². The molecule has 2 heterocycles. The molecule has 1 saturated carbocycles. The van der Waals surface area contributed by atoms with Crippen LogP contribution < -0.4 is 0 Å². The van der Waals surface area contributed by atoms with Gasteiger partial charge in [-0.2, -0.15) is 0 Å². The zero-order valence-corrected chi connectivity index (χ0v) is 17.4. The summed E-state index contributed by atoms with van der Waals surface area (Å²) < 4.78 is 18.8. The molecule has 2 saturated heterocycles. The first-order valence-corrected chi connectivity index (χ1v) is 10.6. The first-order valence-electron chi connectivity index (χ1n) is 10.6. The summed E-state index contributed by atoms with van der Waals surface area (Å²) in [7, 11) is 0. The van der Waals surface area contributed by atoms with Crippen LogP contribution in [0.25, 0.3) is 0 Å². The van der Waals surface area contributed by atoms with Crippen LogP contribution in [0.15, 0.2) is 35.5 Å². The quantitative estimate of drug-likeness (QED) is 0.432. The monoisotopic (exact) mass is 388 g/mol. The van der Waals surface area contributed by atoms with Gasteiger partial charge >= 0.3 is 0 Å². The Morgan fingerprint density at radius 2 is 2.04 bits per heavy atom. The van der Waals surface area contributed by atoms with Gasteiger partial charge in [0.25, 0.3) is 0 Å². The maximum atomic E-state index is 10.2. The summed E-state index contributed by atoms with van der Waals surface area (Å²) in [4.78, 5) is 5.38. The van der Waals surface area contributed by atoms with Crippen LogP contribution in [0.3, 0.4) is 0 Å². The van der Waals surface area contributed by atoms with Crippen LogP contribution >= 0.6 is 0 Å². The van der Waals surface area contributed by atoms with Gasteiger partial charge in [-0.1, -0.05) is 38.5 Å². The number of hydrogen-bond acceptors (Lipinski definition) is 5. The number of rotatable bonds is 2. The predicted molar refractivity (Wildman–Crippen MR) is 105 cm³/mol. The summed E-state index contributed by atoms with van der Waals surface area (Å²) in [6.07, 6.45) is 7.24. The van der Waals surface area contributed by atoms with Crippen LogP contribution in [0.5, 0.6) is 0 Å². The summed E-state index contributed by atoms with van der Waals surface area (Å²) >= 11 is 0. The smallest absolute Gasteiger partial charge is 0.177 e. The van der Waals surface area contributed by atoms with E-state index in [2.05, 4.69) is 40.3 Å². The van der Waals surface area contributed by atoms with Crippen LogP contribution in [-0.4, -0.2) is 42.1 Å². The van der Waals surface area contributed by atoms with E-state index in [-0.39, 0.29) is 23.7 Å². The highest BCUT2D eigenvalue weighted by atomic mass is 17.1. The van der Waals surface area contributed by atoms with Crippen molar-refractivity contribution in [2.45, 2.75) is 83.6 Å². The molecule has 0 aromatic carbocycles. The Morgan fingerprint density at radius 1 is 1.25 bits per heavy atom. The molecule has 5 aliphatic rings. The normalized spacial score (nSPS) is 50.9. The zero-order valence-electron chi connectivity index (χ0n) is 17.4. The van der Waals surface area contributed by atoms with E-state index in [1.165, 1.54) is 16.7 Å². The first-order chi connectivity index (χ1) is 13.3. The highest BCUT2D eigenvalue weighted by Crippen LogP contribution is 2.62. The van der Waals surface area contributed by atoms with Gasteiger partial charge in [0, 0.05) is 16.7 Å². The Balaban J connectivity index is 1.77. The van der Waals surface area contributed by atoms with Crippen molar-refractivity contribution in [3.63, 3.8) is 0 Å². The molecule has 3 fully saturated rings. The Kier molecular flexibility index (Phi) is 4.09. The molecule has 5 rings (SSSR count). The third kappa shape index (κ3) is 2.20. The minimum Gasteiger partial charge on any atom is -0.377 e. The topological polar surface area (TPSA) is 57.2 Å². The lowest BCUT2D eigenvalue weighted by Crippen LogP contribution is -2.60. The summed E-state index contributed by atoms with van der Waals surface area (Å²) in [6, 6.07) is 0. The van der Waals surface area contributed by atoms with E-state index in [4.69, 9.17) is 19.1 Å². The second kappa shape index (κ2) is 6.02. The predicted octanol–water partition coefficient (Wildman–Crippen LogP) is 4.40. The van der Waals surface area contributed by atoms with Crippen molar-refractivity contribution in [2.24, 2.45) is 16.7 Å². The third-order valence-electron chi connectivity index (χ3n) is 8.50. The van der Waals surface area contributed by atoms with E-state index in [9.17, 15) is 5.26 Å². The fourth-order valence-electron chi connectivity index (χ4n) is 6.64. The van der Waals surface area contributed by atoms with Crippen molar-refractivity contribution in [2.75, 3.05) is 6.61 Å². The van der Waals surface area contributed by atoms with Crippen LogP contribution in [0.1, 0.15) is 53.4 Å². The standard InChI is InChI=1S/C23H32O5/c1-6-17-26-19-18-13(2)7-10-23(28-24,21(18,3)4)11-15-14-12-25-16(14)8-9-22(15,5)20(19)27-17/h6,11,14,16-17,19-20,24H,1,7-10,12H2,2-5H3/b15-11-/t14-,16?,17?,19?,20?,22?,23?/m0/s1. The summed E-state index contributed by atoms with van der Waals surface area (Å²) in [5.41, 5.74) is 2.48. The van der Waals surface area contributed by atoms with Gasteiger partial charge in [-0.25, -0.2) is 4.89 Å². The molecule has 6 unspecified atom stereocenters. The molecule has 154 valence electrons. The van der Waals surface area contributed by atoms with Gasteiger partial charge in [0.05, 0.1) is 12.7 Å². The molecule has 2 bridgehead atoms. The van der Waals surface area contributed by atoms with E-state index in [0.29, 0.717) is 5.92 Å². The fraction of sp³-hybridized carbons (Fsp3) is 0.739. The lowest BCUT2D eigenvalue weighted by Gasteiger charge is -2.58. The van der Waals surface area contributed by atoms with E-state index in [0.717, 1.165) is 32.3 Å². The van der Waals surface area contributed by atoms with E-state index in [1.54, 1.807) is 6.08 Å². The van der Waals surface area contributed by atoms with Gasteiger partial charge in [-0.15, -0.1) is 0 Å². The average molecular weight is 389 g/mol. The van der Waals surface area contributed by atoms with Gasteiger partial charge in [0.1, 0.15) is 17.8 Å². The van der Waals surface area contributed by atoms with Gasteiger partial charge in [-0.3, -0.25) is 5.26 Å². The Labute approximate surface area is 167 Å². The SMILES string of the molecule is C=CC1OC2C3=C(C)CCC(OO)(/C=C4/[C@@H]5COC5CCC4(C)C2O1)C3(C)C. The lowest BCUT2D eigenvalue weighted by atomic mass is 9.52. The zero-order chi connectivity index (χ0) is 19.9. The molecule has 0 radical (unpaired) electrons. The third-order valence-corrected chi connectivity index (χ3v) is 8.50. The van der Waals surface area contributed by atoms with Crippen molar-refractivity contribution in [1.82, 2.24) is 0 Å². The molecule has 3 aliphatic carbocycles. The molecule has 1 N–H and O–H groups in total. The lowest BCUT2D eigenvalue weighted by molar-refractivity contribution is -0.335. The number of fused-ring (bicyclic) bond motifs is 8. The highest BCUT2D eigenvalue weighted by Gasteiger charge is 2.63. The van der Waals surface area contributed by atoms with Crippen LogP contribution in [0.2, 0.25) is 0 Å². The number of hydrogen-bond donors (Lipinski definition) is 1. The molecule has 5 nitrogen and oxygen atoms in total. The van der Waals surface area contributed by atoms with Gasteiger partial charge in [0.15, 0.2) is 6.29 Å². The molecule has 0 aromatic rings. The van der Waals surface area contributed by atoms with Crippen molar-refractivity contribution < 1.29 is 24.4 Å². The molecule has 28 heavy (non-hydrogen) atoms. The van der Waals surface area contributed by atoms with Crippen molar-refractivity contribution >= 4 is 0 Å². The average Bonchev–Trinajstić information content (AvgIpc) is 3.05. The maximum Gasteiger partial charge on any atom is 0.177 e. The van der Waals surface area contributed by atoms with Crippen LogP contribution in [-0.2, 0) is 19.1 Å². The number of ether oxygens (including phenoxy) is 3. The van der Waals surface area contributed by atoms with E-state index < -0.39 is 17.3 Å². The summed E-state index contributed by atoms with van der Waals surface area (Å²) in [6.45, 7) is 13.5. The van der Waals surface area contributed by atoms with Crippen LogP contribution in [0.4, 0.5) is 0 Å². The molecular formula is C23H32O5. The molecule has 7 atom stereocenters. The van der Waals surface area contributed by atoms with Gasteiger partial charge in [0.2, 0.25) is 0 Å². The Bertz CT molecular complexity index is 767. The number of allylic oxidation sites excluding steroid dienone is 1. The van der Waals surface area contributed by atoms with E-state index in [1.807, 2.05) is 0 Å². The molecule has 5 heteroatoms. The first kappa shape index (κ1) is 19.0. The largest absolute Gasteiger partial charge is 0.377 e. The molecule has 2 aliphatic heterocycles. The second-order valence-electron chi connectivity index (χ2n) is 10.1. The van der Waals surface area contributed by atoms with Crippen molar-refractivity contribution in [3.05, 3.63) is 35.5 Å². The molecule has 0 amide bonds. The van der Waals surface area contributed by atoms with Crippen molar-refractivity contribution in [3.8, 4) is 0 Å². The highest BCUT2D eigenvalue weighted by molar-refractivity contribution is 5.43. The summed E-state index contributed by atoms with van der Waals surface area (Å²) in [5.74, 6) is 0.363. The fourth-order valence-corrected chi connectivity index (χ4v) is 6.64. The Morgan fingerprint density at radius 3 is 2.68 bits per heavy atom. The second-order valence-corrected chi connectivity index (χ2v) is 10.1. The minimum absolute atomic E-state index is 0.0812. The summed E-state index contributed by atoms with van der Waals surface area (Å²) in [5, 5.41) is 10.2. The Hall–Kier alpha value is -0.980. The van der Waals surface area contributed by atoms with Crippen molar-refractivity contribution in [1.29, 1.82) is 0 Å². The van der Waals surface area contributed by atoms with Gasteiger partial charge in [-0.05, 0) is 50.3 Å². The molecular weight excluding hydrogens is 356 g/mol. The van der Waals surface area contributed by atoms with Gasteiger partial charge < -0.3 is 14.2 Å².